The zero-order valence-corrected chi connectivity index (χ0v) is 17.7. The van der Waals surface area contributed by atoms with Crippen LogP contribution in [0.15, 0.2) is 42.5 Å². The Hall–Kier alpha value is -3.55. The molecule has 1 saturated heterocycles. The van der Waals surface area contributed by atoms with Gasteiger partial charge in [0.15, 0.2) is 11.5 Å². The van der Waals surface area contributed by atoms with Crippen LogP contribution in [0, 0.1) is 0 Å². The summed E-state index contributed by atoms with van der Waals surface area (Å²) in [6.45, 7) is 1.78. The maximum Gasteiger partial charge on any atom is 0.302 e. The van der Waals surface area contributed by atoms with Gasteiger partial charge in [0.1, 0.15) is 12.1 Å². The van der Waals surface area contributed by atoms with E-state index in [9.17, 15) is 14.4 Å². The highest BCUT2D eigenvalue weighted by molar-refractivity contribution is 6.11. The van der Waals surface area contributed by atoms with Crippen molar-refractivity contribution in [3.8, 4) is 11.5 Å². The van der Waals surface area contributed by atoms with Crippen LogP contribution in [-0.4, -0.2) is 55.6 Å². The first-order valence-corrected chi connectivity index (χ1v) is 10.0. The summed E-state index contributed by atoms with van der Waals surface area (Å²) in [5.74, 6) is 0.283. The van der Waals surface area contributed by atoms with Crippen LogP contribution in [0.4, 0.5) is 5.69 Å². The summed E-state index contributed by atoms with van der Waals surface area (Å²) >= 11 is 0. The van der Waals surface area contributed by atoms with Crippen molar-refractivity contribution in [1.82, 2.24) is 4.90 Å². The summed E-state index contributed by atoms with van der Waals surface area (Å²) in [6, 6.07) is 11.8. The van der Waals surface area contributed by atoms with E-state index in [1.807, 2.05) is 12.1 Å². The lowest BCUT2D eigenvalue weighted by Gasteiger charge is -2.26. The lowest BCUT2D eigenvalue weighted by atomic mass is 10.1. The van der Waals surface area contributed by atoms with E-state index in [2.05, 4.69) is 0 Å². The Morgan fingerprint density at radius 2 is 1.81 bits per heavy atom. The van der Waals surface area contributed by atoms with Gasteiger partial charge >= 0.3 is 5.97 Å². The summed E-state index contributed by atoms with van der Waals surface area (Å²) in [4.78, 5) is 41.4. The van der Waals surface area contributed by atoms with Gasteiger partial charge in [-0.3, -0.25) is 14.4 Å². The molecule has 0 saturated carbocycles. The molecule has 0 bridgehead atoms. The molecule has 2 aliphatic rings. The fraction of sp³-hybridized carbons (Fsp3) is 0.348. The molecule has 2 aromatic carbocycles. The number of esters is 1. The van der Waals surface area contributed by atoms with Crippen molar-refractivity contribution in [2.75, 3.05) is 25.7 Å². The molecule has 2 aliphatic heterocycles. The first-order valence-electron chi connectivity index (χ1n) is 10.0. The summed E-state index contributed by atoms with van der Waals surface area (Å²) in [7, 11) is 3.12. The van der Waals surface area contributed by atoms with E-state index in [4.69, 9.17) is 14.2 Å². The molecule has 0 radical (unpaired) electrons. The molecule has 2 amide bonds. The third-order valence-corrected chi connectivity index (χ3v) is 5.62. The number of hydrogen-bond donors (Lipinski definition) is 0. The third-order valence-electron chi connectivity index (χ3n) is 5.62. The standard InChI is InChI=1S/C23H24N2O6/c1-14(26)31-16-11-19-23(28)24(12-15-8-9-20(29-2)21(10-15)30-3)18-7-5-4-6-17(18)22(27)25(19)13-16/h4-10,16,19H,11-13H2,1-3H3/t16-,19+/m1/s1. The Kier molecular flexibility index (Phi) is 5.54. The van der Waals surface area contributed by atoms with Gasteiger partial charge in [-0.1, -0.05) is 18.2 Å². The van der Waals surface area contributed by atoms with Crippen LogP contribution < -0.4 is 14.4 Å². The number of amides is 2. The predicted octanol–water partition coefficient (Wildman–Crippen LogP) is 2.40. The number of anilines is 1. The summed E-state index contributed by atoms with van der Waals surface area (Å²) < 4.78 is 16.0. The van der Waals surface area contributed by atoms with Gasteiger partial charge in [0, 0.05) is 13.3 Å². The number of para-hydroxylation sites is 1. The Morgan fingerprint density at radius 3 is 2.52 bits per heavy atom. The number of carbonyl (C=O) groups excluding carboxylic acids is 3. The van der Waals surface area contributed by atoms with Gasteiger partial charge in [0.2, 0.25) is 5.91 Å². The second kappa shape index (κ2) is 8.29. The topological polar surface area (TPSA) is 85.4 Å². The van der Waals surface area contributed by atoms with Crippen LogP contribution in [0.2, 0.25) is 0 Å². The number of ether oxygens (including phenoxy) is 3. The van der Waals surface area contributed by atoms with Crippen molar-refractivity contribution in [2.45, 2.75) is 32.0 Å². The number of nitrogens with zero attached hydrogens (tertiary/aromatic N) is 2. The smallest absolute Gasteiger partial charge is 0.302 e. The van der Waals surface area contributed by atoms with Crippen molar-refractivity contribution in [3.63, 3.8) is 0 Å². The van der Waals surface area contributed by atoms with Gasteiger partial charge < -0.3 is 24.0 Å². The minimum absolute atomic E-state index is 0.202. The van der Waals surface area contributed by atoms with Crippen LogP contribution in [0.1, 0.15) is 29.3 Å². The van der Waals surface area contributed by atoms with Gasteiger partial charge in [-0.25, -0.2) is 0 Å². The summed E-state index contributed by atoms with van der Waals surface area (Å²) in [6.07, 6.45) is -0.218. The van der Waals surface area contributed by atoms with E-state index in [-0.39, 0.29) is 31.3 Å². The average molecular weight is 424 g/mol. The molecular formula is C23H24N2O6. The van der Waals surface area contributed by atoms with E-state index in [1.165, 1.54) is 11.8 Å². The van der Waals surface area contributed by atoms with Crippen molar-refractivity contribution in [1.29, 1.82) is 0 Å². The maximum absolute atomic E-state index is 13.6. The van der Waals surface area contributed by atoms with Crippen LogP contribution >= 0.6 is 0 Å². The van der Waals surface area contributed by atoms with E-state index in [1.54, 1.807) is 49.5 Å². The third kappa shape index (κ3) is 3.81. The van der Waals surface area contributed by atoms with Crippen molar-refractivity contribution < 1.29 is 28.6 Å². The van der Waals surface area contributed by atoms with Crippen molar-refractivity contribution in [3.05, 3.63) is 53.6 Å². The minimum atomic E-state index is -0.690. The molecular weight excluding hydrogens is 400 g/mol. The Labute approximate surface area is 180 Å². The molecule has 2 heterocycles. The zero-order chi connectivity index (χ0) is 22.1. The van der Waals surface area contributed by atoms with Crippen LogP contribution in [-0.2, 0) is 20.9 Å². The molecule has 8 nitrogen and oxygen atoms in total. The number of carbonyl (C=O) groups is 3. The molecule has 0 N–H and O–H groups in total. The Balaban J connectivity index is 1.72. The normalized spacial score (nSPS) is 20.1. The van der Waals surface area contributed by atoms with Gasteiger partial charge in [-0.2, -0.15) is 0 Å². The van der Waals surface area contributed by atoms with Crippen LogP contribution in [0.25, 0.3) is 0 Å². The maximum atomic E-state index is 13.6. The molecule has 31 heavy (non-hydrogen) atoms. The quantitative estimate of drug-likeness (QED) is 0.686. The highest BCUT2D eigenvalue weighted by Crippen LogP contribution is 2.35. The van der Waals surface area contributed by atoms with Gasteiger partial charge in [0.05, 0.1) is 38.6 Å². The Morgan fingerprint density at radius 1 is 1.06 bits per heavy atom. The summed E-state index contributed by atoms with van der Waals surface area (Å²) in [5, 5.41) is 0. The van der Waals surface area contributed by atoms with E-state index < -0.39 is 18.1 Å². The average Bonchev–Trinajstić information content (AvgIpc) is 3.16. The predicted molar refractivity (Wildman–Crippen MR) is 112 cm³/mol. The van der Waals surface area contributed by atoms with E-state index in [0.717, 1.165) is 5.56 Å². The van der Waals surface area contributed by atoms with E-state index in [0.29, 0.717) is 22.7 Å². The monoisotopic (exact) mass is 424 g/mol. The first kappa shape index (κ1) is 20.7. The van der Waals surface area contributed by atoms with Crippen LogP contribution in [0.3, 0.4) is 0 Å². The lowest BCUT2D eigenvalue weighted by molar-refractivity contribution is -0.145. The molecule has 0 spiro atoms. The fourth-order valence-electron chi connectivity index (χ4n) is 4.24. The van der Waals surface area contributed by atoms with Crippen LogP contribution in [0.5, 0.6) is 11.5 Å². The molecule has 8 heteroatoms. The zero-order valence-electron chi connectivity index (χ0n) is 17.7. The molecule has 2 aromatic rings. The largest absolute Gasteiger partial charge is 0.493 e. The number of methoxy groups -OCH3 is 2. The second-order valence-electron chi connectivity index (χ2n) is 7.57. The Bertz CT molecular complexity index is 1040. The molecule has 1 fully saturated rings. The minimum Gasteiger partial charge on any atom is -0.493 e. The van der Waals surface area contributed by atoms with Gasteiger partial charge in [-0.05, 0) is 29.8 Å². The SMILES string of the molecule is COc1ccc(CN2C(=O)[C@@H]3C[C@@H](OC(C)=O)CN3C(=O)c3ccccc32)cc1OC. The number of hydrogen-bond acceptors (Lipinski definition) is 6. The van der Waals surface area contributed by atoms with Gasteiger partial charge in [0.25, 0.3) is 5.91 Å². The number of benzene rings is 2. The van der Waals surface area contributed by atoms with Gasteiger partial charge in [-0.15, -0.1) is 0 Å². The lowest BCUT2D eigenvalue weighted by Crippen LogP contribution is -2.44. The number of rotatable bonds is 5. The van der Waals surface area contributed by atoms with Crippen molar-refractivity contribution >= 4 is 23.5 Å². The molecule has 4 rings (SSSR count). The van der Waals surface area contributed by atoms with E-state index >= 15 is 0 Å². The molecule has 0 aromatic heterocycles. The molecule has 0 aliphatic carbocycles. The molecule has 2 atom stereocenters. The van der Waals surface area contributed by atoms with Crippen molar-refractivity contribution in [2.24, 2.45) is 0 Å². The second-order valence-corrected chi connectivity index (χ2v) is 7.57. The fourth-order valence-corrected chi connectivity index (χ4v) is 4.24. The highest BCUT2D eigenvalue weighted by Gasteiger charge is 2.46. The molecule has 0 unspecified atom stereocenters. The summed E-state index contributed by atoms with van der Waals surface area (Å²) in [5.41, 5.74) is 1.84. The highest BCUT2D eigenvalue weighted by atomic mass is 16.5. The molecule has 162 valence electrons. The number of fused-ring (bicyclic) bond motifs is 2. The first-order chi connectivity index (χ1) is 14.9.